The molecule has 2 N–H and O–H groups in total. The van der Waals surface area contributed by atoms with Gasteiger partial charge in [0.1, 0.15) is 16.4 Å². The summed E-state index contributed by atoms with van der Waals surface area (Å²) in [6.45, 7) is -0.341. The monoisotopic (exact) mass is 544 g/mol. The second-order valence-corrected chi connectivity index (χ2v) is 9.82. The molecule has 0 spiro atoms. The Kier molecular flexibility index (Phi) is 8.13. The van der Waals surface area contributed by atoms with Crippen LogP contribution in [0.4, 0.5) is 0 Å². The molecule has 0 unspecified atom stereocenters. The van der Waals surface area contributed by atoms with E-state index in [0.717, 1.165) is 23.5 Å². The predicted octanol–water partition coefficient (Wildman–Crippen LogP) is 2.99. The molecule has 2 heterocycles. The van der Waals surface area contributed by atoms with Crippen molar-refractivity contribution in [2.45, 2.75) is 5.22 Å². The molecule has 0 bridgehead atoms. The van der Waals surface area contributed by atoms with Crippen LogP contribution >= 0.6 is 35.7 Å². The molecule has 0 saturated carbocycles. The summed E-state index contributed by atoms with van der Waals surface area (Å²) in [6, 6.07) is 12.5. The number of fused-ring (bicyclic) bond motifs is 1. The summed E-state index contributed by atoms with van der Waals surface area (Å²) in [4.78, 5) is 43.0. The average molecular weight is 545 g/mol. The van der Waals surface area contributed by atoms with Crippen LogP contribution in [-0.4, -0.2) is 58.4 Å². The number of hydrazine groups is 1. The number of nitrogens with zero attached hydrogens (tertiary/aromatic N) is 2. The van der Waals surface area contributed by atoms with Gasteiger partial charge in [-0.3, -0.25) is 30.1 Å². The van der Waals surface area contributed by atoms with Crippen molar-refractivity contribution in [3.05, 3.63) is 52.9 Å². The quantitative estimate of drug-likeness (QED) is 0.189. The van der Waals surface area contributed by atoms with Crippen LogP contribution in [0.3, 0.4) is 0 Å². The zero-order chi connectivity index (χ0) is 25.7. The fraction of sp³-hybridized carbons (Fsp3) is 0.174. The summed E-state index contributed by atoms with van der Waals surface area (Å²) in [5, 5.41) is 0.344. The van der Waals surface area contributed by atoms with E-state index in [0.29, 0.717) is 38.3 Å². The minimum Gasteiger partial charge on any atom is -0.493 e. The van der Waals surface area contributed by atoms with Crippen LogP contribution in [0.5, 0.6) is 11.5 Å². The summed E-state index contributed by atoms with van der Waals surface area (Å²) in [5.74, 6) is -0.414. The summed E-state index contributed by atoms with van der Waals surface area (Å²) in [7, 11) is 3.06. The Bertz CT molecular complexity index is 1340. The Morgan fingerprint density at radius 1 is 1.14 bits per heavy atom. The first-order valence-corrected chi connectivity index (χ1v) is 12.6. The van der Waals surface area contributed by atoms with Crippen molar-refractivity contribution in [1.29, 1.82) is 0 Å². The van der Waals surface area contributed by atoms with E-state index in [9.17, 15) is 14.4 Å². The van der Waals surface area contributed by atoms with Gasteiger partial charge in [0.15, 0.2) is 17.1 Å². The van der Waals surface area contributed by atoms with Gasteiger partial charge < -0.3 is 13.9 Å². The van der Waals surface area contributed by atoms with Crippen LogP contribution in [0.1, 0.15) is 5.56 Å². The van der Waals surface area contributed by atoms with Crippen LogP contribution in [0, 0.1) is 0 Å². The molecule has 0 radical (unpaired) electrons. The molecule has 10 nitrogen and oxygen atoms in total. The van der Waals surface area contributed by atoms with Crippen LogP contribution in [0.15, 0.2) is 57.0 Å². The minimum absolute atomic E-state index is 0.0256. The smallest absolute Gasteiger partial charge is 0.266 e. The van der Waals surface area contributed by atoms with Gasteiger partial charge in [-0.2, -0.15) is 0 Å². The lowest BCUT2D eigenvalue weighted by atomic mass is 10.2. The number of oxazole rings is 1. The molecule has 36 heavy (non-hydrogen) atoms. The topological polar surface area (TPSA) is 123 Å². The Labute approximate surface area is 219 Å². The van der Waals surface area contributed by atoms with Crippen molar-refractivity contribution in [3.8, 4) is 11.5 Å². The molecular weight excluding hydrogens is 524 g/mol. The largest absolute Gasteiger partial charge is 0.493 e. The normalized spacial score (nSPS) is 14.4. The zero-order valence-corrected chi connectivity index (χ0v) is 21.6. The van der Waals surface area contributed by atoms with Gasteiger partial charge in [-0.15, -0.1) is 0 Å². The molecule has 1 aromatic heterocycles. The second-order valence-electron chi connectivity index (χ2n) is 7.21. The molecule has 0 atom stereocenters. The number of thiocarbonyl (C=S) groups is 1. The number of aromatic nitrogens is 1. The number of benzene rings is 2. The van der Waals surface area contributed by atoms with Gasteiger partial charge in [0, 0.05) is 0 Å². The number of rotatable bonds is 8. The van der Waals surface area contributed by atoms with Gasteiger partial charge in [-0.1, -0.05) is 53.9 Å². The summed E-state index contributed by atoms with van der Waals surface area (Å²) in [6.07, 6.45) is 1.66. The van der Waals surface area contributed by atoms with E-state index in [-0.39, 0.29) is 16.6 Å². The van der Waals surface area contributed by atoms with E-state index < -0.39 is 17.7 Å². The first-order valence-electron chi connectivity index (χ1n) is 10.4. The molecule has 2 aromatic carbocycles. The molecule has 0 aliphatic carbocycles. The molecule has 186 valence electrons. The fourth-order valence-electron chi connectivity index (χ4n) is 3.13. The predicted molar refractivity (Wildman–Crippen MR) is 140 cm³/mol. The lowest BCUT2D eigenvalue weighted by molar-refractivity contribution is -0.131. The van der Waals surface area contributed by atoms with Gasteiger partial charge in [0.05, 0.1) is 24.9 Å². The van der Waals surface area contributed by atoms with E-state index in [4.69, 9.17) is 26.1 Å². The maximum absolute atomic E-state index is 12.8. The van der Waals surface area contributed by atoms with Crippen LogP contribution in [-0.2, 0) is 14.4 Å². The van der Waals surface area contributed by atoms with E-state index in [2.05, 4.69) is 15.8 Å². The molecule has 13 heteroatoms. The van der Waals surface area contributed by atoms with Crippen LogP contribution < -0.4 is 20.3 Å². The Hall–Kier alpha value is -3.55. The van der Waals surface area contributed by atoms with Gasteiger partial charge in [0.2, 0.25) is 5.91 Å². The average Bonchev–Trinajstić information content (AvgIpc) is 3.41. The Balaban J connectivity index is 1.28. The number of ether oxygens (including phenoxy) is 2. The maximum Gasteiger partial charge on any atom is 0.266 e. The van der Waals surface area contributed by atoms with Gasteiger partial charge in [-0.05, 0) is 35.9 Å². The van der Waals surface area contributed by atoms with E-state index in [1.165, 1.54) is 19.1 Å². The highest BCUT2D eigenvalue weighted by molar-refractivity contribution is 8.26. The number of hydrogen-bond donors (Lipinski definition) is 2. The molecule has 1 fully saturated rings. The highest BCUT2D eigenvalue weighted by Gasteiger charge is 2.33. The number of thioether (sulfide) groups is 2. The van der Waals surface area contributed by atoms with Crippen molar-refractivity contribution < 1.29 is 28.3 Å². The molecule has 3 aromatic rings. The lowest BCUT2D eigenvalue weighted by Gasteiger charge is -2.14. The second kappa shape index (κ2) is 11.5. The fourth-order valence-corrected chi connectivity index (χ4v) is 5.02. The molecule has 1 aliphatic rings. The highest BCUT2D eigenvalue weighted by atomic mass is 32.2. The Morgan fingerprint density at radius 3 is 2.64 bits per heavy atom. The molecule has 4 rings (SSSR count). The molecule has 1 aliphatic heterocycles. The number of methoxy groups -OCH3 is 2. The third kappa shape index (κ3) is 5.98. The number of amides is 3. The number of hydrogen-bond acceptors (Lipinski definition) is 10. The SMILES string of the molecule is COc1ccc(/C=C2\SC(=S)N(CC(=O)NNC(=O)CSc3nc4ccccc4o3)C2=O)cc1OC. The molecule has 3 amide bonds. The van der Waals surface area contributed by atoms with E-state index in [1.54, 1.807) is 36.4 Å². The third-order valence-corrected chi connectivity index (χ3v) is 7.03. The minimum atomic E-state index is -0.598. The first kappa shape index (κ1) is 25.5. The van der Waals surface area contributed by atoms with Crippen LogP contribution in [0.25, 0.3) is 17.2 Å². The van der Waals surface area contributed by atoms with Crippen molar-refractivity contribution >= 4 is 75.0 Å². The van der Waals surface area contributed by atoms with Crippen molar-refractivity contribution in [2.24, 2.45) is 0 Å². The number of carbonyl (C=O) groups is 3. The molecular formula is C23H20N4O6S3. The van der Waals surface area contributed by atoms with Gasteiger partial charge >= 0.3 is 0 Å². The third-order valence-electron chi connectivity index (χ3n) is 4.82. The van der Waals surface area contributed by atoms with Crippen molar-refractivity contribution in [2.75, 3.05) is 26.5 Å². The number of carbonyl (C=O) groups excluding carboxylic acids is 3. The van der Waals surface area contributed by atoms with E-state index >= 15 is 0 Å². The lowest BCUT2D eigenvalue weighted by Crippen LogP contribution is -2.47. The number of para-hydroxylation sites is 2. The van der Waals surface area contributed by atoms with Gasteiger partial charge in [0.25, 0.3) is 17.0 Å². The van der Waals surface area contributed by atoms with Gasteiger partial charge in [-0.25, -0.2) is 4.98 Å². The zero-order valence-electron chi connectivity index (χ0n) is 19.1. The molecule has 1 saturated heterocycles. The highest BCUT2D eigenvalue weighted by Crippen LogP contribution is 2.34. The Morgan fingerprint density at radius 2 is 1.89 bits per heavy atom. The summed E-state index contributed by atoms with van der Waals surface area (Å²) < 4.78 is 16.3. The summed E-state index contributed by atoms with van der Waals surface area (Å²) in [5.41, 5.74) is 6.62. The van der Waals surface area contributed by atoms with Crippen molar-refractivity contribution in [1.82, 2.24) is 20.7 Å². The maximum atomic E-state index is 12.8. The summed E-state index contributed by atoms with van der Waals surface area (Å²) >= 11 is 7.44. The van der Waals surface area contributed by atoms with E-state index in [1.807, 2.05) is 12.1 Å². The number of nitrogens with one attached hydrogen (secondary N) is 2. The van der Waals surface area contributed by atoms with Crippen molar-refractivity contribution in [3.63, 3.8) is 0 Å². The standard InChI is InChI=1S/C23H20N4O6S3/c1-31-16-8-7-13(9-17(16)32-2)10-18-21(30)27(23(34)36-18)11-19(28)25-26-20(29)12-35-22-24-14-5-3-4-6-15(14)33-22/h3-10H,11-12H2,1-2H3,(H,25,28)(H,26,29)/b18-10-. The first-order chi connectivity index (χ1) is 17.4. The van der Waals surface area contributed by atoms with Crippen LogP contribution in [0.2, 0.25) is 0 Å².